The monoisotopic (exact) mass is 256 g/mol. The van der Waals surface area contributed by atoms with E-state index < -0.39 is 6.10 Å². The molecule has 2 rings (SSSR count). The first-order valence-electron chi connectivity index (χ1n) is 5.86. The van der Waals surface area contributed by atoms with Gasteiger partial charge >= 0.3 is 0 Å². The molecule has 0 heterocycles. The van der Waals surface area contributed by atoms with Gasteiger partial charge in [-0.2, -0.15) is 5.26 Å². The van der Waals surface area contributed by atoms with Crippen molar-refractivity contribution in [2.75, 3.05) is 11.9 Å². The van der Waals surface area contributed by atoms with E-state index in [9.17, 15) is 9.50 Å². The lowest BCUT2D eigenvalue weighted by Crippen LogP contribution is -2.12. The Balaban J connectivity index is 1.97. The van der Waals surface area contributed by atoms with Crippen LogP contribution in [0.4, 0.5) is 10.1 Å². The minimum Gasteiger partial charge on any atom is -0.387 e. The van der Waals surface area contributed by atoms with Crippen LogP contribution < -0.4 is 5.32 Å². The van der Waals surface area contributed by atoms with Gasteiger partial charge in [0.2, 0.25) is 0 Å². The van der Waals surface area contributed by atoms with Crippen molar-refractivity contribution in [3.05, 3.63) is 65.5 Å². The molecule has 0 fully saturated rings. The molecular formula is C15H13FN2O. The number of hydrogen-bond acceptors (Lipinski definition) is 3. The number of aliphatic hydroxyl groups excluding tert-OH is 1. The summed E-state index contributed by atoms with van der Waals surface area (Å²) in [6.07, 6.45) is -0.712. The zero-order chi connectivity index (χ0) is 13.7. The summed E-state index contributed by atoms with van der Waals surface area (Å²) in [4.78, 5) is 0. The van der Waals surface area contributed by atoms with Crippen LogP contribution in [0, 0.1) is 17.1 Å². The van der Waals surface area contributed by atoms with Crippen LogP contribution in [0.2, 0.25) is 0 Å². The van der Waals surface area contributed by atoms with Gasteiger partial charge < -0.3 is 10.4 Å². The lowest BCUT2D eigenvalue weighted by Gasteiger charge is -2.13. The van der Waals surface area contributed by atoms with Crippen molar-refractivity contribution >= 4 is 5.69 Å². The summed E-state index contributed by atoms with van der Waals surface area (Å²) < 4.78 is 13.0. The molecule has 0 spiro atoms. The van der Waals surface area contributed by atoms with E-state index >= 15 is 0 Å². The number of nitrogens with zero attached hydrogens (tertiary/aromatic N) is 1. The molecule has 1 atom stereocenters. The fraction of sp³-hybridized carbons (Fsp3) is 0.133. The normalized spacial score (nSPS) is 11.6. The van der Waals surface area contributed by atoms with Crippen molar-refractivity contribution in [3.63, 3.8) is 0 Å². The fourth-order valence-electron chi connectivity index (χ4n) is 1.71. The van der Waals surface area contributed by atoms with E-state index in [1.807, 2.05) is 6.07 Å². The first-order valence-corrected chi connectivity index (χ1v) is 5.86. The number of rotatable bonds is 4. The third-order valence-electron chi connectivity index (χ3n) is 2.75. The SMILES string of the molecule is N#Cc1ccc(C(O)CNc2cccc(F)c2)cc1. The molecule has 3 nitrogen and oxygen atoms in total. The zero-order valence-corrected chi connectivity index (χ0v) is 10.2. The van der Waals surface area contributed by atoms with Crippen LogP contribution in [0.1, 0.15) is 17.2 Å². The highest BCUT2D eigenvalue weighted by atomic mass is 19.1. The molecule has 2 aromatic carbocycles. The minimum absolute atomic E-state index is 0.273. The van der Waals surface area contributed by atoms with E-state index in [1.54, 1.807) is 36.4 Å². The smallest absolute Gasteiger partial charge is 0.125 e. The van der Waals surface area contributed by atoms with Gasteiger partial charge in [-0.15, -0.1) is 0 Å². The summed E-state index contributed by atoms with van der Waals surface area (Å²) in [5.74, 6) is -0.321. The summed E-state index contributed by atoms with van der Waals surface area (Å²) >= 11 is 0. The van der Waals surface area contributed by atoms with E-state index in [4.69, 9.17) is 5.26 Å². The van der Waals surface area contributed by atoms with E-state index in [2.05, 4.69) is 5.32 Å². The largest absolute Gasteiger partial charge is 0.387 e. The molecule has 0 bridgehead atoms. The molecule has 2 N–H and O–H groups in total. The highest BCUT2D eigenvalue weighted by molar-refractivity contribution is 5.43. The molecule has 4 heteroatoms. The second kappa shape index (κ2) is 5.98. The Hall–Kier alpha value is -2.38. The van der Waals surface area contributed by atoms with Gasteiger partial charge in [0.25, 0.3) is 0 Å². The molecule has 0 aliphatic rings. The summed E-state index contributed by atoms with van der Waals surface area (Å²) in [7, 11) is 0. The Morgan fingerprint density at radius 1 is 1.21 bits per heavy atom. The third kappa shape index (κ3) is 3.54. The predicted octanol–water partition coefficient (Wildman–Crippen LogP) is 2.84. The minimum atomic E-state index is -0.712. The molecule has 0 radical (unpaired) electrons. The third-order valence-corrected chi connectivity index (χ3v) is 2.75. The standard InChI is InChI=1S/C15H13FN2O/c16-13-2-1-3-14(8-13)18-10-15(19)12-6-4-11(9-17)5-7-12/h1-8,15,18-19H,10H2. The lowest BCUT2D eigenvalue weighted by molar-refractivity contribution is 0.191. The molecule has 2 aromatic rings. The second-order valence-electron chi connectivity index (χ2n) is 4.14. The average Bonchev–Trinajstić information content (AvgIpc) is 2.45. The molecule has 0 saturated carbocycles. The molecule has 0 saturated heterocycles. The van der Waals surface area contributed by atoms with Crippen molar-refractivity contribution in [2.45, 2.75) is 6.10 Å². The van der Waals surface area contributed by atoms with Crippen LogP contribution in [0.5, 0.6) is 0 Å². The summed E-state index contributed by atoms with van der Waals surface area (Å²) in [5, 5.41) is 21.6. The fourth-order valence-corrected chi connectivity index (χ4v) is 1.71. The lowest BCUT2D eigenvalue weighted by atomic mass is 10.1. The Bertz CT molecular complexity index is 590. The van der Waals surface area contributed by atoms with Crippen molar-refractivity contribution in [1.29, 1.82) is 5.26 Å². The maximum Gasteiger partial charge on any atom is 0.125 e. The summed E-state index contributed by atoms with van der Waals surface area (Å²) in [6, 6.07) is 14.8. The number of anilines is 1. The summed E-state index contributed by atoms with van der Waals surface area (Å²) in [5.41, 5.74) is 1.88. The maximum atomic E-state index is 13.0. The molecule has 0 aromatic heterocycles. The van der Waals surface area contributed by atoms with Gasteiger partial charge in [-0.05, 0) is 35.9 Å². The van der Waals surface area contributed by atoms with Crippen LogP contribution in [-0.2, 0) is 0 Å². The van der Waals surface area contributed by atoms with E-state index in [-0.39, 0.29) is 12.4 Å². The maximum absolute atomic E-state index is 13.0. The highest BCUT2D eigenvalue weighted by Crippen LogP contribution is 2.16. The Morgan fingerprint density at radius 3 is 2.58 bits per heavy atom. The molecule has 1 unspecified atom stereocenters. The van der Waals surface area contributed by atoms with E-state index in [1.165, 1.54) is 12.1 Å². The van der Waals surface area contributed by atoms with Crippen LogP contribution in [0.3, 0.4) is 0 Å². The van der Waals surface area contributed by atoms with Gasteiger partial charge in [0, 0.05) is 12.2 Å². The molecule has 0 aliphatic heterocycles. The van der Waals surface area contributed by atoms with E-state index in [0.29, 0.717) is 16.8 Å². The van der Waals surface area contributed by atoms with Gasteiger partial charge in [-0.1, -0.05) is 18.2 Å². The van der Waals surface area contributed by atoms with Crippen LogP contribution >= 0.6 is 0 Å². The van der Waals surface area contributed by atoms with Gasteiger partial charge in [0.05, 0.1) is 17.7 Å². The van der Waals surface area contributed by atoms with E-state index in [0.717, 1.165) is 0 Å². The molecule has 0 aliphatic carbocycles. The zero-order valence-electron chi connectivity index (χ0n) is 10.2. The number of halogens is 1. The first-order chi connectivity index (χ1) is 9.19. The quantitative estimate of drug-likeness (QED) is 0.884. The van der Waals surface area contributed by atoms with Gasteiger partial charge in [0.1, 0.15) is 5.82 Å². The number of aliphatic hydroxyl groups is 1. The second-order valence-corrected chi connectivity index (χ2v) is 4.14. The number of hydrogen-bond donors (Lipinski definition) is 2. The molecule has 96 valence electrons. The van der Waals surface area contributed by atoms with Gasteiger partial charge in [0.15, 0.2) is 0 Å². The number of nitrogens with one attached hydrogen (secondary N) is 1. The van der Waals surface area contributed by atoms with Gasteiger partial charge in [-0.3, -0.25) is 0 Å². The van der Waals surface area contributed by atoms with Crippen molar-refractivity contribution in [2.24, 2.45) is 0 Å². The predicted molar refractivity (Wildman–Crippen MR) is 71.0 cm³/mol. The molecular weight excluding hydrogens is 243 g/mol. The topological polar surface area (TPSA) is 56.0 Å². The van der Waals surface area contributed by atoms with Gasteiger partial charge in [-0.25, -0.2) is 4.39 Å². The molecule has 19 heavy (non-hydrogen) atoms. The van der Waals surface area contributed by atoms with Crippen molar-refractivity contribution in [1.82, 2.24) is 0 Å². The van der Waals surface area contributed by atoms with Crippen LogP contribution in [0.25, 0.3) is 0 Å². The van der Waals surface area contributed by atoms with Crippen LogP contribution in [-0.4, -0.2) is 11.7 Å². The first kappa shape index (κ1) is 13.1. The van der Waals surface area contributed by atoms with Crippen molar-refractivity contribution in [3.8, 4) is 6.07 Å². The average molecular weight is 256 g/mol. The van der Waals surface area contributed by atoms with Crippen molar-refractivity contribution < 1.29 is 9.50 Å². The number of benzene rings is 2. The Kier molecular flexibility index (Phi) is 4.11. The number of nitriles is 1. The molecule has 0 amide bonds. The summed E-state index contributed by atoms with van der Waals surface area (Å²) in [6.45, 7) is 0.273. The highest BCUT2D eigenvalue weighted by Gasteiger charge is 2.07. The van der Waals surface area contributed by atoms with Crippen LogP contribution in [0.15, 0.2) is 48.5 Å². The Morgan fingerprint density at radius 2 is 1.95 bits per heavy atom. The Labute approximate surface area is 110 Å².